The first-order chi connectivity index (χ1) is 27.5. The molecule has 3 heteroatoms. The summed E-state index contributed by atoms with van der Waals surface area (Å²) in [6.45, 7) is 2.36. The first-order valence-electron chi connectivity index (χ1n) is 19.5. The summed E-state index contributed by atoms with van der Waals surface area (Å²) in [6.07, 6.45) is 13.4. The Hall–Kier alpha value is -6.84. The molecule has 0 aromatic heterocycles. The van der Waals surface area contributed by atoms with Gasteiger partial charge in [0.05, 0.1) is 0 Å². The van der Waals surface area contributed by atoms with Gasteiger partial charge in [0.25, 0.3) is 0 Å². The Labute approximate surface area is 329 Å². The lowest BCUT2D eigenvalue weighted by Gasteiger charge is -2.38. The second-order valence-corrected chi connectivity index (χ2v) is 15.2. The second kappa shape index (κ2) is 13.8. The zero-order chi connectivity index (χ0) is 37.6. The van der Waals surface area contributed by atoms with Crippen molar-refractivity contribution in [1.29, 1.82) is 0 Å². The molecular formula is C53H41N3. The Balaban J connectivity index is 1.07. The third-order valence-corrected chi connectivity index (χ3v) is 11.9. The predicted octanol–water partition coefficient (Wildman–Crippen LogP) is 12.7. The first kappa shape index (κ1) is 33.7. The van der Waals surface area contributed by atoms with E-state index in [-0.39, 0.29) is 11.6 Å². The average molecular weight is 720 g/mol. The monoisotopic (exact) mass is 719 g/mol. The van der Waals surface area contributed by atoms with E-state index in [1.165, 1.54) is 44.2 Å². The van der Waals surface area contributed by atoms with Gasteiger partial charge in [0.2, 0.25) is 0 Å². The third kappa shape index (κ3) is 5.75. The molecule has 2 aliphatic carbocycles. The highest BCUT2D eigenvalue weighted by molar-refractivity contribution is 6.15. The van der Waals surface area contributed by atoms with E-state index < -0.39 is 0 Å². The van der Waals surface area contributed by atoms with Crippen LogP contribution in [0, 0.1) is 5.92 Å². The summed E-state index contributed by atoms with van der Waals surface area (Å²) in [4.78, 5) is 12.8. The standard InChI is InChI=1S/C53H41N3/c1-53-34-14-13-20-43(53)31-28-42-35-41(30-33-48(42)53)46-32-29-37-17-9-10-22-45(37)49(46)38-24-26-40(27-25-38)52-55-50(54-51(56(52)2)39-18-7-4-8-19-39)47-23-12-11-21-44(47)36-15-5-3-6-16-36/h3-35,43,52H,1-2H3. The summed E-state index contributed by atoms with van der Waals surface area (Å²) in [6, 6.07) is 58.8. The lowest BCUT2D eigenvalue weighted by molar-refractivity contribution is 0.383. The highest BCUT2D eigenvalue weighted by Gasteiger charge is 2.36. The van der Waals surface area contributed by atoms with Crippen molar-refractivity contribution in [3.8, 4) is 33.4 Å². The molecule has 268 valence electrons. The normalized spacial score (nSPS) is 19.6. The molecule has 3 atom stereocenters. The van der Waals surface area contributed by atoms with Gasteiger partial charge >= 0.3 is 0 Å². The number of hydrogen-bond acceptors (Lipinski definition) is 3. The first-order valence-corrected chi connectivity index (χ1v) is 19.5. The van der Waals surface area contributed by atoms with Crippen LogP contribution in [0.4, 0.5) is 0 Å². The van der Waals surface area contributed by atoms with Crippen LogP contribution in [-0.4, -0.2) is 23.6 Å². The minimum Gasteiger partial charge on any atom is -0.333 e. The van der Waals surface area contributed by atoms with Crippen LogP contribution in [0.2, 0.25) is 0 Å². The van der Waals surface area contributed by atoms with Gasteiger partial charge in [-0.1, -0.05) is 201 Å². The fraction of sp³-hybridized carbons (Fsp3) is 0.0943. The topological polar surface area (TPSA) is 28.0 Å². The van der Waals surface area contributed by atoms with Crippen molar-refractivity contribution in [1.82, 2.24) is 4.90 Å². The number of allylic oxidation sites excluding steroid dienone is 5. The maximum atomic E-state index is 5.40. The molecular weight excluding hydrogens is 679 g/mol. The molecule has 0 N–H and O–H groups in total. The van der Waals surface area contributed by atoms with Crippen molar-refractivity contribution in [2.75, 3.05) is 7.05 Å². The summed E-state index contributed by atoms with van der Waals surface area (Å²) in [7, 11) is 2.10. The minimum atomic E-state index is -0.274. The Morgan fingerprint density at radius 3 is 2.07 bits per heavy atom. The van der Waals surface area contributed by atoms with Gasteiger partial charge in [0.15, 0.2) is 5.84 Å². The van der Waals surface area contributed by atoms with Gasteiger partial charge in [0, 0.05) is 29.5 Å². The molecule has 0 amide bonds. The van der Waals surface area contributed by atoms with Crippen molar-refractivity contribution in [3.63, 3.8) is 0 Å². The number of hydrogen-bond donors (Lipinski definition) is 0. The predicted molar refractivity (Wildman–Crippen MR) is 235 cm³/mol. The molecule has 1 aliphatic heterocycles. The Morgan fingerprint density at radius 2 is 1.27 bits per heavy atom. The van der Waals surface area contributed by atoms with Crippen LogP contribution >= 0.6 is 0 Å². The van der Waals surface area contributed by atoms with Crippen LogP contribution in [0.15, 0.2) is 204 Å². The van der Waals surface area contributed by atoms with Crippen LogP contribution in [0.25, 0.3) is 50.2 Å². The summed E-state index contributed by atoms with van der Waals surface area (Å²) in [5.41, 5.74) is 12.9. The molecule has 0 spiro atoms. The smallest absolute Gasteiger partial charge is 0.160 e. The number of aliphatic imine (C=N–C) groups is 2. The van der Waals surface area contributed by atoms with Crippen LogP contribution in [0.3, 0.4) is 0 Å². The van der Waals surface area contributed by atoms with Crippen molar-refractivity contribution >= 4 is 28.5 Å². The highest BCUT2D eigenvalue weighted by Crippen LogP contribution is 2.46. The van der Waals surface area contributed by atoms with Crippen LogP contribution in [0.5, 0.6) is 0 Å². The molecule has 3 unspecified atom stereocenters. The summed E-state index contributed by atoms with van der Waals surface area (Å²) >= 11 is 0. The van der Waals surface area contributed by atoms with E-state index >= 15 is 0 Å². The summed E-state index contributed by atoms with van der Waals surface area (Å²) < 4.78 is 0. The molecule has 7 aromatic rings. The summed E-state index contributed by atoms with van der Waals surface area (Å²) in [5, 5.41) is 2.47. The maximum Gasteiger partial charge on any atom is 0.160 e. The Kier molecular flexibility index (Phi) is 8.30. The van der Waals surface area contributed by atoms with Crippen molar-refractivity contribution in [2.45, 2.75) is 18.5 Å². The Bertz CT molecular complexity index is 2770. The molecule has 0 radical (unpaired) electrons. The van der Waals surface area contributed by atoms with Crippen LogP contribution < -0.4 is 0 Å². The molecule has 0 saturated heterocycles. The molecule has 0 fully saturated rings. The van der Waals surface area contributed by atoms with E-state index in [1.54, 1.807) is 0 Å². The van der Waals surface area contributed by atoms with Gasteiger partial charge in [-0.15, -0.1) is 0 Å². The number of nitrogens with zero attached hydrogens (tertiary/aromatic N) is 3. The second-order valence-electron chi connectivity index (χ2n) is 15.2. The largest absolute Gasteiger partial charge is 0.333 e. The molecule has 3 aliphatic rings. The van der Waals surface area contributed by atoms with Gasteiger partial charge in [-0.3, -0.25) is 0 Å². The number of benzene rings is 7. The molecule has 56 heavy (non-hydrogen) atoms. The van der Waals surface area contributed by atoms with Crippen LogP contribution in [-0.2, 0) is 5.41 Å². The van der Waals surface area contributed by atoms with Crippen LogP contribution in [0.1, 0.15) is 40.9 Å². The lowest BCUT2D eigenvalue weighted by atomic mass is 9.65. The maximum absolute atomic E-state index is 5.40. The Morgan fingerprint density at radius 1 is 0.571 bits per heavy atom. The minimum absolute atomic E-state index is 0.0389. The van der Waals surface area contributed by atoms with E-state index in [4.69, 9.17) is 9.98 Å². The molecule has 1 heterocycles. The van der Waals surface area contributed by atoms with E-state index in [2.05, 4.69) is 213 Å². The van der Waals surface area contributed by atoms with E-state index in [0.717, 1.165) is 39.5 Å². The lowest BCUT2D eigenvalue weighted by Crippen LogP contribution is -2.35. The van der Waals surface area contributed by atoms with Gasteiger partial charge < -0.3 is 4.90 Å². The van der Waals surface area contributed by atoms with Gasteiger partial charge in [-0.05, 0) is 66.9 Å². The van der Waals surface area contributed by atoms with Crippen molar-refractivity contribution in [3.05, 3.63) is 222 Å². The quantitative estimate of drug-likeness (QED) is 0.168. The van der Waals surface area contributed by atoms with Gasteiger partial charge in [0.1, 0.15) is 12.0 Å². The highest BCUT2D eigenvalue weighted by atomic mass is 15.3. The van der Waals surface area contributed by atoms with E-state index in [1.807, 2.05) is 6.07 Å². The van der Waals surface area contributed by atoms with Gasteiger partial charge in [-0.25, -0.2) is 9.98 Å². The fourth-order valence-electron chi connectivity index (χ4n) is 8.85. The van der Waals surface area contributed by atoms with Crippen molar-refractivity contribution in [2.24, 2.45) is 15.9 Å². The third-order valence-electron chi connectivity index (χ3n) is 11.9. The SMILES string of the molecule is CN1C(c2ccccc2)=NC(c2ccccc2-c2ccccc2)=NC1c1ccc(-c2c(-c3ccc4c(c3)C=CC3C=CC=CC43C)ccc3ccccc23)cc1. The molecule has 3 nitrogen and oxygen atoms in total. The molecule has 10 rings (SSSR count). The molecule has 7 aromatic carbocycles. The number of fused-ring (bicyclic) bond motifs is 4. The van der Waals surface area contributed by atoms with Crippen molar-refractivity contribution < 1.29 is 0 Å². The van der Waals surface area contributed by atoms with E-state index in [0.29, 0.717) is 5.92 Å². The zero-order valence-corrected chi connectivity index (χ0v) is 31.5. The number of amidine groups is 2. The van der Waals surface area contributed by atoms with Gasteiger partial charge in [-0.2, -0.15) is 0 Å². The number of rotatable bonds is 6. The fourth-order valence-corrected chi connectivity index (χ4v) is 8.85. The zero-order valence-electron chi connectivity index (χ0n) is 31.5. The average Bonchev–Trinajstić information content (AvgIpc) is 3.26. The molecule has 0 bridgehead atoms. The summed E-state index contributed by atoms with van der Waals surface area (Å²) in [5.74, 6) is 2.00. The van der Waals surface area contributed by atoms with E-state index in [9.17, 15) is 0 Å². The molecule has 0 saturated carbocycles.